The van der Waals surface area contributed by atoms with Crippen molar-refractivity contribution < 1.29 is 4.74 Å². The Kier molecular flexibility index (Phi) is 5.09. The second-order valence-corrected chi connectivity index (χ2v) is 6.92. The van der Waals surface area contributed by atoms with E-state index in [1.165, 1.54) is 19.3 Å². The zero-order chi connectivity index (χ0) is 14.5. The first-order valence-corrected chi connectivity index (χ1v) is 8.68. The van der Waals surface area contributed by atoms with Crippen LogP contribution in [0.25, 0.3) is 0 Å². The van der Waals surface area contributed by atoms with Crippen LogP contribution in [0.15, 0.2) is 5.16 Å². The van der Waals surface area contributed by atoms with Crippen LogP contribution >= 0.6 is 11.8 Å². The Balaban J connectivity index is 1.68. The van der Waals surface area contributed by atoms with E-state index in [1.54, 1.807) is 11.8 Å². The fourth-order valence-corrected chi connectivity index (χ4v) is 4.32. The maximum atomic E-state index is 9.51. The SMILES string of the molecule is N#C[C@H](Sc1nnnn1C1CCOCC1)C1CCCCC1. The molecule has 0 amide bonds. The molecule has 3 rings (SSSR count). The zero-order valence-corrected chi connectivity index (χ0v) is 13.0. The Hall–Kier alpha value is -1.13. The standard InChI is InChI=1S/C14H21N5OS/c15-10-13(11-4-2-1-3-5-11)21-14-16-17-18-19(14)12-6-8-20-9-7-12/h11-13H,1-9H2/t13-/m0/s1. The van der Waals surface area contributed by atoms with Gasteiger partial charge in [0, 0.05) is 13.2 Å². The van der Waals surface area contributed by atoms with Crippen molar-refractivity contribution in [3.8, 4) is 6.07 Å². The van der Waals surface area contributed by atoms with E-state index < -0.39 is 0 Å². The monoisotopic (exact) mass is 307 g/mol. The highest BCUT2D eigenvalue weighted by Crippen LogP contribution is 2.36. The number of tetrazole rings is 1. The topological polar surface area (TPSA) is 76.6 Å². The van der Waals surface area contributed by atoms with E-state index in [1.807, 2.05) is 4.68 Å². The van der Waals surface area contributed by atoms with Crippen LogP contribution in [0.5, 0.6) is 0 Å². The van der Waals surface area contributed by atoms with E-state index in [2.05, 4.69) is 21.6 Å². The first kappa shape index (κ1) is 14.8. The maximum absolute atomic E-state index is 9.51. The molecule has 0 spiro atoms. The van der Waals surface area contributed by atoms with Gasteiger partial charge in [0.25, 0.3) is 0 Å². The van der Waals surface area contributed by atoms with Crippen LogP contribution in [0.1, 0.15) is 51.0 Å². The summed E-state index contributed by atoms with van der Waals surface area (Å²) in [4.78, 5) is 0. The smallest absolute Gasteiger partial charge is 0.210 e. The van der Waals surface area contributed by atoms with Crippen molar-refractivity contribution in [1.29, 1.82) is 5.26 Å². The second kappa shape index (κ2) is 7.23. The normalized spacial score (nSPS) is 22.8. The van der Waals surface area contributed by atoms with Crippen molar-refractivity contribution in [2.45, 2.75) is 61.4 Å². The van der Waals surface area contributed by atoms with Crippen molar-refractivity contribution in [3.63, 3.8) is 0 Å². The van der Waals surface area contributed by atoms with Crippen LogP contribution in [0, 0.1) is 17.2 Å². The van der Waals surface area contributed by atoms with Gasteiger partial charge in [0.05, 0.1) is 12.1 Å². The minimum Gasteiger partial charge on any atom is -0.381 e. The van der Waals surface area contributed by atoms with Gasteiger partial charge in [-0.2, -0.15) is 5.26 Å². The molecule has 114 valence electrons. The quantitative estimate of drug-likeness (QED) is 0.796. The average Bonchev–Trinajstić information content (AvgIpc) is 3.02. The highest BCUT2D eigenvalue weighted by atomic mass is 32.2. The number of rotatable bonds is 4. The number of nitriles is 1. The Morgan fingerprint density at radius 3 is 2.67 bits per heavy atom. The van der Waals surface area contributed by atoms with Crippen molar-refractivity contribution in [2.24, 2.45) is 5.92 Å². The molecule has 2 aliphatic rings. The molecule has 1 saturated carbocycles. The van der Waals surface area contributed by atoms with E-state index in [9.17, 15) is 5.26 Å². The molecule has 7 heteroatoms. The fourth-order valence-electron chi connectivity index (χ4n) is 3.20. The van der Waals surface area contributed by atoms with Gasteiger partial charge < -0.3 is 4.74 Å². The van der Waals surface area contributed by atoms with Crippen LogP contribution in [0.3, 0.4) is 0 Å². The third kappa shape index (κ3) is 3.55. The predicted octanol–water partition coefficient (Wildman–Crippen LogP) is 2.59. The Bertz CT molecular complexity index is 488. The summed E-state index contributed by atoms with van der Waals surface area (Å²) in [6.45, 7) is 1.53. The molecule has 1 aliphatic carbocycles. The number of hydrogen-bond acceptors (Lipinski definition) is 6. The van der Waals surface area contributed by atoms with Crippen LogP contribution in [-0.2, 0) is 4.74 Å². The molecule has 2 heterocycles. The van der Waals surface area contributed by atoms with Crippen LogP contribution < -0.4 is 0 Å². The highest BCUT2D eigenvalue weighted by Gasteiger charge is 2.28. The minimum atomic E-state index is -0.0325. The largest absolute Gasteiger partial charge is 0.381 e. The number of aromatic nitrogens is 4. The molecular weight excluding hydrogens is 286 g/mol. The molecule has 1 aromatic heterocycles. The van der Waals surface area contributed by atoms with Gasteiger partial charge in [-0.3, -0.25) is 0 Å². The predicted molar refractivity (Wildman–Crippen MR) is 78.7 cm³/mol. The van der Waals surface area contributed by atoms with Crippen LogP contribution in [0.2, 0.25) is 0 Å². The molecule has 0 bridgehead atoms. The van der Waals surface area contributed by atoms with E-state index >= 15 is 0 Å². The summed E-state index contributed by atoms with van der Waals surface area (Å²) in [6.07, 6.45) is 7.99. The third-order valence-corrected chi connectivity index (χ3v) is 5.66. The average molecular weight is 307 g/mol. The summed E-state index contributed by atoms with van der Waals surface area (Å²) in [5, 5.41) is 22.4. The Morgan fingerprint density at radius 2 is 1.95 bits per heavy atom. The second-order valence-electron chi connectivity index (χ2n) is 5.82. The third-order valence-electron chi connectivity index (χ3n) is 4.44. The Morgan fingerprint density at radius 1 is 1.19 bits per heavy atom. The molecule has 1 saturated heterocycles. The van der Waals surface area contributed by atoms with Crippen LogP contribution in [-0.4, -0.2) is 38.7 Å². The number of nitrogens with zero attached hydrogens (tertiary/aromatic N) is 5. The highest BCUT2D eigenvalue weighted by molar-refractivity contribution is 8.00. The summed E-state index contributed by atoms with van der Waals surface area (Å²) in [5.74, 6) is 0.480. The van der Waals surface area contributed by atoms with E-state index in [4.69, 9.17) is 4.74 Å². The van der Waals surface area contributed by atoms with Gasteiger partial charge in [-0.05, 0) is 42.0 Å². The van der Waals surface area contributed by atoms with E-state index in [-0.39, 0.29) is 5.25 Å². The molecule has 0 aromatic carbocycles. The van der Waals surface area contributed by atoms with Crippen molar-refractivity contribution in [3.05, 3.63) is 0 Å². The van der Waals surface area contributed by atoms with Crippen molar-refractivity contribution >= 4 is 11.8 Å². The van der Waals surface area contributed by atoms with Gasteiger partial charge in [0.15, 0.2) is 0 Å². The maximum Gasteiger partial charge on any atom is 0.210 e. The van der Waals surface area contributed by atoms with Gasteiger partial charge in [0.1, 0.15) is 5.25 Å². The summed E-state index contributed by atoms with van der Waals surface area (Å²) >= 11 is 1.55. The lowest BCUT2D eigenvalue weighted by Crippen LogP contribution is -2.23. The van der Waals surface area contributed by atoms with Gasteiger partial charge in [-0.1, -0.05) is 31.0 Å². The summed E-state index contributed by atoms with van der Waals surface area (Å²) < 4.78 is 7.30. The zero-order valence-electron chi connectivity index (χ0n) is 12.1. The lowest BCUT2D eigenvalue weighted by Gasteiger charge is -2.26. The number of hydrogen-bond donors (Lipinski definition) is 0. The first-order valence-electron chi connectivity index (χ1n) is 7.80. The minimum absolute atomic E-state index is 0.0325. The van der Waals surface area contributed by atoms with E-state index in [0.717, 1.165) is 44.1 Å². The molecule has 1 aromatic rings. The molecule has 0 radical (unpaired) electrons. The van der Waals surface area contributed by atoms with Crippen molar-refractivity contribution in [1.82, 2.24) is 20.2 Å². The van der Waals surface area contributed by atoms with Gasteiger partial charge in [0.2, 0.25) is 5.16 Å². The lowest BCUT2D eigenvalue weighted by atomic mass is 9.87. The molecule has 2 fully saturated rings. The van der Waals surface area contributed by atoms with E-state index in [0.29, 0.717) is 12.0 Å². The van der Waals surface area contributed by atoms with Gasteiger partial charge in [-0.25, -0.2) is 4.68 Å². The first-order chi connectivity index (χ1) is 10.4. The lowest BCUT2D eigenvalue weighted by molar-refractivity contribution is 0.0631. The van der Waals surface area contributed by atoms with Crippen molar-refractivity contribution in [2.75, 3.05) is 13.2 Å². The van der Waals surface area contributed by atoms with Crippen LogP contribution in [0.4, 0.5) is 0 Å². The number of ether oxygens (including phenoxy) is 1. The molecule has 0 N–H and O–H groups in total. The molecule has 21 heavy (non-hydrogen) atoms. The molecule has 0 unspecified atom stereocenters. The summed E-state index contributed by atoms with van der Waals surface area (Å²) in [7, 11) is 0. The molecule has 1 aliphatic heterocycles. The molecular formula is C14H21N5OS. The van der Waals surface area contributed by atoms with Gasteiger partial charge >= 0.3 is 0 Å². The molecule has 6 nitrogen and oxygen atoms in total. The van der Waals surface area contributed by atoms with Gasteiger partial charge in [-0.15, -0.1) is 5.10 Å². The molecule has 1 atom stereocenters. The summed E-state index contributed by atoms with van der Waals surface area (Å²) in [6, 6.07) is 2.78. The summed E-state index contributed by atoms with van der Waals surface area (Å²) in [5.41, 5.74) is 0. The Labute approximate surface area is 129 Å². The fraction of sp³-hybridized carbons (Fsp3) is 0.857. The number of thioether (sulfide) groups is 1.